The van der Waals surface area contributed by atoms with Crippen molar-refractivity contribution in [2.75, 3.05) is 10.6 Å². The maximum Gasteiger partial charge on any atom is 0.255 e. The maximum atomic E-state index is 13.5. The van der Waals surface area contributed by atoms with Crippen molar-refractivity contribution in [1.82, 2.24) is 4.98 Å². The number of benzene rings is 4. The Hall–Kier alpha value is -3.69. The van der Waals surface area contributed by atoms with Crippen LogP contribution in [0.1, 0.15) is 21.2 Å². The molecular formula is C30H20Cl2FN3O2S2. The first-order valence-corrected chi connectivity index (χ1v) is 14.5. The Balaban J connectivity index is 1.34. The second-order valence-corrected chi connectivity index (χ2v) is 11.4. The first-order chi connectivity index (χ1) is 19.4. The highest BCUT2D eigenvalue weighted by molar-refractivity contribution is 8.00. The lowest BCUT2D eigenvalue weighted by atomic mass is 10.1. The molecule has 0 aliphatic heterocycles. The number of amides is 2. The number of halogens is 3. The fourth-order valence-electron chi connectivity index (χ4n) is 3.81. The van der Waals surface area contributed by atoms with Crippen molar-refractivity contribution in [3.8, 4) is 11.3 Å². The molecular weight excluding hydrogens is 588 g/mol. The average Bonchev–Trinajstić information content (AvgIpc) is 3.40. The van der Waals surface area contributed by atoms with Crippen LogP contribution in [0.25, 0.3) is 11.3 Å². The van der Waals surface area contributed by atoms with Gasteiger partial charge in [0.15, 0.2) is 5.13 Å². The second-order valence-electron chi connectivity index (χ2n) is 8.55. The minimum atomic E-state index is -0.601. The number of rotatable bonds is 8. The fourth-order valence-corrected chi connectivity index (χ4v) is 6.11. The molecule has 5 rings (SSSR count). The molecule has 0 radical (unpaired) electrons. The molecule has 1 aromatic heterocycles. The Bertz CT molecular complexity index is 1660. The monoisotopic (exact) mass is 607 g/mol. The highest BCUT2D eigenvalue weighted by atomic mass is 35.5. The van der Waals surface area contributed by atoms with Gasteiger partial charge < -0.3 is 10.6 Å². The molecule has 10 heteroatoms. The van der Waals surface area contributed by atoms with Gasteiger partial charge in [0, 0.05) is 32.1 Å². The molecule has 0 spiro atoms. The second kappa shape index (κ2) is 12.7. The van der Waals surface area contributed by atoms with Crippen LogP contribution < -0.4 is 10.6 Å². The first kappa shape index (κ1) is 27.9. The average molecular weight is 609 g/mol. The fraction of sp³-hybridized carbons (Fsp3) is 0.0333. The molecule has 1 heterocycles. The SMILES string of the molecule is O=C(Nc1cccc(SC(C(=O)Nc2nc(-c3ccc(Cl)cc3Cl)cs2)c2ccccc2)c1)c1ccc(F)cc1. The molecule has 1 atom stereocenters. The number of thiazole rings is 1. The third-order valence-electron chi connectivity index (χ3n) is 5.73. The largest absolute Gasteiger partial charge is 0.322 e. The van der Waals surface area contributed by atoms with Crippen LogP contribution in [0.15, 0.2) is 107 Å². The van der Waals surface area contributed by atoms with Gasteiger partial charge in [-0.1, -0.05) is 59.6 Å². The molecule has 5 nitrogen and oxygen atoms in total. The minimum absolute atomic E-state index is 0.250. The van der Waals surface area contributed by atoms with Crippen molar-refractivity contribution in [2.45, 2.75) is 10.1 Å². The van der Waals surface area contributed by atoms with Gasteiger partial charge in [0.05, 0.1) is 10.7 Å². The number of nitrogens with one attached hydrogen (secondary N) is 2. The van der Waals surface area contributed by atoms with Gasteiger partial charge in [-0.3, -0.25) is 9.59 Å². The Kier molecular flexibility index (Phi) is 8.81. The highest BCUT2D eigenvalue weighted by Gasteiger charge is 2.24. The van der Waals surface area contributed by atoms with Gasteiger partial charge in [-0.05, 0) is 66.2 Å². The number of carbonyl (C=O) groups excluding carboxylic acids is 2. The molecule has 200 valence electrons. The smallest absolute Gasteiger partial charge is 0.255 e. The number of anilines is 2. The normalized spacial score (nSPS) is 11.6. The summed E-state index contributed by atoms with van der Waals surface area (Å²) in [6.07, 6.45) is 0. The topological polar surface area (TPSA) is 71.1 Å². The number of hydrogen-bond donors (Lipinski definition) is 2. The number of nitrogens with zero attached hydrogens (tertiary/aromatic N) is 1. The van der Waals surface area contributed by atoms with E-state index in [1.807, 2.05) is 41.8 Å². The van der Waals surface area contributed by atoms with Crippen LogP contribution in [0, 0.1) is 5.82 Å². The zero-order valence-electron chi connectivity index (χ0n) is 20.6. The van der Waals surface area contributed by atoms with Crippen LogP contribution in [-0.4, -0.2) is 16.8 Å². The van der Waals surface area contributed by atoms with E-state index < -0.39 is 11.1 Å². The quantitative estimate of drug-likeness (QED) is 0.173. The summed E-state index contributed by atoms with van der Waals surface area (Å²) < 4.78 is 13.2. The van der Waals surface area contributed by atoms with Crippen molar-refractivity contribution < 1.29 is 14.0 Å². The van der Waals surface area contributed by atoms with Crippen LogP contribution in [0.4, 0.5) is 15.2 Å². The summed E-state index contributed by atoms with van der Waals surface area (Å²) in [5.41, 5.74) is 3.05. The van der Waals surface area contributed by atoms with Crippen molar-refractivity contribution in [3.63, 3.8) is 0 Å². The zero-order chi connectivity index (χ0) is 28.1. The first-order valence-electron chi connectivity index (χ1n) is 12.0. The number of thioether (sulfide) groups is 1. The Morgan fingerprint density at radius 3 is 2.40 bits per heavy atom. The van der Waals surface area contributed by atoms with E-state index in [2.05, 4.69) is 15.6 Å². The van der Waals surface area contributed by atoms with Crippen LogP contribution >= 0.6 is 46.3 Å². The summed E-state index contributed by atoms with van der Waals surface area (Å²) in [5, 5.41) is 8.41. The van der Waals surface area contributed by atoms with Crippen LogP contribution in [0.5, 0.6) is 0 Å². The minimum Gasteiger partial charge on any atom is -0.322 e. The third-order valence-corrected chi connectivity index (χ3v) is 8.29. The molecule has 1 unspecified atom stereocenters. The van der Waals surface area contributed by atoms with Crippen molar-refractivity contribution in [2.24, 2.45) is 0 Å². The van der Waals surface area contributed by atoms with Gasteiger partial charge in [-0.25, -0.2) is 9.37 Å². The lowest BCUT2D eigenvalue weighted by molar-refractivity contribution is -0.115. The highest BCUT2D eigenvalue weighted by Crippen LogP contribution is 2.38. The summed E-state index contributed by atoms with van der Waals surface area (Å²) in [6.45, 7) is 0. The molecule has 0 fully saturated rings. The third kappa shape index (κ3) is 6.89. The molecule has 0 saturated heterocycles. The Morgan fingerprint density at radius 2 is 1.65 bits per heavy atom. The van der Waals surface area contributed by atoms with Gasteiger partial charge >= 0.3 is 0 Å². The molecule has 2 amide bonds. The molecule has 0 aliphatic rings. The molecule has 0 bridgehead atoms. The molecule has 4 aromatic carbocycles. The van der Waals surface area contributed by atoms with E-state index in [4.69, 9.17) is 23.2 Å². The predicted octanol–water partition coefficient (Wildman–Crippen LogP) is 8.98. The molecule has 2 N–H and O–H groups in total. The maximum absolute atomic E-state index is 13.5. The van der Waals surface area contributed by atoms with Crippen molar-refractivity contribution in [1.29, 1.82) is 0 Å². The summed E-state index contributed by atoms with van der Waals surface area (Å²) in [5.74, 6) is -1.03. The summed E-state index contributed by atoms with van der Waals surface area (Å²) in [7, 11) is 0. The Morgan fingerprint density at radius 1 is 0.875 bits per heavy atom. The van der Waals surface area contributed by atoms with E-state index in [1.165, 1.54) is 47.4 Å². The lowest BCUT2D eigenvalue weighted by Crippen LogP contribution is -2.19. The lowest BCUT2D eigenvalue weighted by Gasteiger charge is -2.17. The Labute approximate surface area is 248 Å². The summed E-state index contributed by atoms with van der Waals surface area (Å²) >= 11 is 15.0. The van der Waals surface area contributed by atoms with Crippen molar-refractivity contribution >= 4 is 68.9 Å². The number of carbonyl (C=O) groups is 2. The molecule has 0 saturated carbocycles. The standard InChI is InChI=1S/C30H20Cl2FN3O2S2/c31-20-11-14-24(25(32)15-20)26-17-39-30(35-26)36-29(38)27(18-5-2-1-3-6-18)40-23-8-4-7-22(16-23)34-28(37)19-9-12-21(33)13-10-19/h1-17,27H,(H,34,37)(H,35,36,38). The van der Waals surface area contributed by atoms with Gasteiger partial charge in [-0.15, -0.1) is 23.1 Å². The van der Waals surface area contributed by atoms with Gasteiger partial charge in [-0.2, -0.15) is 0 Å². The van der Waals surface area contributed by atoms with E-state index in [-0.39, 0.29) is 11.8 Å². The van der Waals surface area contributed by atoms with Crippen molar-refractivity contribution in [3.05, 3.63) is 129 Å². The van der Waals surface area contributed by atoms with E-state index in [0.29, 0.717) is 32.1 Å². The number of aromatic nitrogens is 1. The van der Waals surface area contributed by atoms with Crippen LogP contribution in [0.2, 0.25) is 10.0 Å². The van der Waals surface area contributed by atoms with Gasteiger partial charge in [0.1, 0.15) is 11.1 Å². The van der Waals surface area contributed by atoms with Gasteiger partial charge in [0.25, 0.3) is 5.91 Å². The van der Waals surface area contributed by atoms with Crippen LogP contribution in [0.3, 0.4) is 0 Å². The zero-order valence-corrected chi connectivity index (χ0v) is 23.8. The van der Waals surface area contributed by atoms with Crippen LogP contribution in [-0.2, 0) is 4.79 Å². The summed E-state index contributed by atoms with van der Waals surface area (Å²) in [4.78, 5) is 31.5. The molecule has 0 aliphatic carbocycles. The van der Waals surface area contributed by atoms with E-state index >= 15 is 0 Å². The molecule has 5 aromatic rings. The predicted molar refractivity (Wildman–Crippen MR) is 162 cm³/mol. The molecule has 40 heavy (non-hydrogen) atoms. The van der Waals surface area contributed by atoms with E-state index in [9.17, 15) is 14.0 Å². The van der Waals surface area contributed by atoms with E-state index in [1.54, 1.807) is 36.4 Å². The summed E-state index contributed by atoms with van der Waals surface area (Å²) in [6, 6.07) is 27.1. The van der Waals surface area contributed by atoms with E-state index in [0.717, 1.165) is 16.0 Å². The van der Waals surface area contributed by atoms with Gasteiger partial charge in [0.2, 0.25) is 5.91 Å². The number of hydrogen-bond acceptors (Lipinski definition) is 5.